The number of aromatic nitrogens is 4. The molecule has 0 bridgehead atoms. The summed E-state index contributed by atoms with van der Waals surface area (Å²) in [6, 6.07) is 3.83. The molecule has 0 fully saturated rings. The summed E-state index contributed by atoms with van der Waals surface area (Å²) in [5.41, 5.74) is 2.46. The van der Waals surface area contributed by atoms with Gasteiger partial charge < -0.3 is 9.88 Å². The molecule has 0 aromatic carbocycles. The summed E-state index contributed by atoms with van der Waals surface area (Å²) in [6.07, 6.45) is 11.7. The first-order valence-corrected chi connectivity index (χ1v) is 10.2. The van der Waals surface area contributed by atoms with Crippen LogP contribution in [0.15, 0.2) is 41.3 Å². The maximum Gasteiger partial charge on any atom is 0.230 e. The number of nitrogens with zero attached hydrogens (tertiary/aromatic N) is 4. The van der Waals surface area contributed by atoms with Crippen LogP contribution in [0, 0.1) is 0 Å². The molecule has 7 heteroatoms. The summed E-state index contributed by atoms with van der Waals surface area (Å²) >= 11 is 1.43. The van der Waals surface area contributed by atoms with Gasteiger partial charge >= 0.3 is 0 Å². The molecule has 2 aromatic heterocycles. The Kier molecular flexibility index (Phi) is 6.82. The smallest absolute Gasteiger partial charge is 0.230 e. The first-order valence-electron chi connectivity index (χ1n) is 9.19. The minimum absolute atomic E-state index is 0.0440. The highest BCUT2D eigenvalue weighted by Gasteiger charge is 2.14. The number of carbonyl (C=O) groups is 1. The summed E-state index contributed by atoms with van der Waals surface area (Å²) in [5, 5.41) is 12.3. The topological polar surface area (TPSA) is 72.7 Å². The van der Waals surface area contributed by atoms with Crippen LogP contribution in [0.4, 0.5) is 0 Å². The number of hydrogen-bond acceptors (Lipinski definition) is 5. The molecule has 3 rings (SSSR count). The van der Waals surface area contributed by atoms with E-state index in [1.165, 1.54) is 43.0 Å². The third kappa shape index (κ3) is 4.94. The Hall–Kier alpha value is -2.15. The van der Waals surface area contributed by atoms with Gasteiger partial charge in [0.05, 0.1) is 5.75 Å². The van der Waals surface area contributed by atoms with Gasteiger partial charge in [-0.15, -0.1) is 10.2 Å². The zero-order chi connectivity index (χ0) is 18.2. The monoisotopic (exact) mass is 371 g/mol. The summed E-state index contributed by atoms with van der Waals surface area (Å²) in [5.74, 6) is 1.21. The normalized spacial score (nSPS) is 14.1. The molecule has 0 saturated heterocycles. The lowest BCUT2D eigenvalue weighted by molar-refractivity contribution is -0.118. The predicted octanol–water partition coefficient (Wildman–Crippen LogP) is 3.46. The number of carbonyl (C=O) groups excluding carboxylic acids is 1. The zero-order valence-corrected chi connectivity index (χ0v) is 16.0. The molecule has 1 N–H and O–H groups in total. The molecule has 138 valence electrons. The van der Waals surface area contributed by atoms with Crippen LogP contribution in [0.5, 0.6) is 0 Å². The van der Waals surface area contributed by atoms with Crippen LogP contribution in [0.3, 0.4) is 0 Å². The van der Waals surface area contributed by atoms with Crippen LogP contribution in [-0.2, 0) is 11.3 Å². The van der Waals surface area contributed by atoms with Crippen molar-refractivity contribution in [2.24, 2.45) is 0 Å². The Morgan fingerprint density at radius 1 is 1.27 bits per heavy atom. The number of amides is 1. The molecule has 1 aliphatic carbocycles. The first-order chi connectivity index (χ1) is 12.8. The van der Waals surface area contributed by atoms with Gasteiger partial charge in [0.1, 0.15) is 0 Å². The molecule has 0 aliphatic heterocycles. The Balaban J connectivity index is 1.50. The maximum atomic E-state index is 12.1. The van der Waals surface area contributed by atoms with Gasteiger partial charge in [-0.3, -0.25) is 9.78 Å². The highest BCUT2D eigenvalue weighted by molar-refractivity contribution is 7.99. The van der Waals surface area contributed by atoms with E-state index in [-0.39, 0.29) is 5.91 Å². The van der Waals surface area contributed by atoms with Crippen LogP contribution in [-0.4, -0.2) is 38.0 Å². The van der Waals surface area contributed by atoms with Crippen LogP contribution in [0.25, 0.3) is 11.4 Å². The van der Waals surface area contributed by atoms with E-state index in [1.54, 1.807) is 12.4 Å². The third-order valence-electron chi connectivity index (χ3n) is 4.46. The van der Waals surface area contributed by atoms with Gasteiger partial charge in [0.2, 0.25) is 5.91 Å². The number of pyridine rings is 1. The van der Waals surface area contributed by atoms with Crippen molar-refractivity contribution in [1.29, 1.82) is 0 Å². The molecule has 0 radical (unpaired) electrons. The van der Waals surface area contributed by atoms with E-state index in [0.717, 1.165) is 29.5 Å². The van der Waals surface area contributed by atoms with E-state index < -0.39 is 0 Å². The fourth-order valence-electron chi connectivity index (χ4n) is 3.07. The average molecular weight is 372 g/mol. The molecule has 0 spiro atoms. The summed E-state index contributed by atoms with van der Waals surface area (Å²) in [6.45, 7) is 3.52. The predicted molar refractivity (Wildman–Crippen MR) is 104 cm³/mol. The van der Waals surface area contributed by atoms with Crippen LogP contribution < -0.4 is 5.32 Å². The number of allylic oxidation sites excluding steroid dienone is 1. The fraction of sp³-hybridized carbons (Fsp3) is 0.474. The maximum absolute atomic E-state index is 12.1. The van der Waals surface area contributed by atoms with Crippen molar-refractivity contribution < 1.29 is 4.79 Å². The van der Waals surface area contributed by atoms with Crippen molar-refractivity contribution in [2.75, 3.05) is 12.3 Å². The summed E-state index contributed by atoms with van der Waals surface area (Å²) in [4.78, 5) is 16.2. The Morgan fingerprint density at radius 3 is 2.85 bits per heavy atom. The first kappa shape index (κ1) is 18.6. The van der Waals surface area contributed by atoms with Crippen molar-refractivity contribution >= 4 is 17.7 Å². The van der Waals surface area contributed by atoms with Gasteiger partial charge in [-0.2, -0.15) is 0 Å². The molecule has 0 atom stereocenters. The van der Waals surface area contributed by atoms with Gasteiger partial charge in [-0.1, -0.05) is 23.4 Å². The van der Waals surface area contributed by atoms with Crippen LogP contribution in [0.2, 0.25) is 0 Å². The number of hydrogen-bond donors (Lipinski definition) is 1. The van der Waals surface area contributed by atoms with Crippen molar-refractivity contribution in [3.63, 3.8) is 0 Å². The van der Waals surface area contributed by atoms with Gasteiger partial charge in [0.15, 0.2) is 11.0 Å². The second-order valence-electron chi connectivity index (χ2n) is 6.28. The highest BCUT2D eigenvalue weighted by Crippen LogP contribution is 2.23. The summed E-state index contributed by atoms with van der Waals surface area (Å²) < 4.78 is 2.03. The quantitative estimate of drug-likeness (QED) is 0.568. The Labute approximate surface area is 158 Å². The van der Waals surface area contributed by atoms with Crippen molar-refractivity contribution in [2.45, 2.75) is 50.7 Å². The molecular formula is C19H25N5OS. The Bertz CT molecular complexity index is 757. The number of rotatable bonds is 8. The number of thioether (sulfide) groups is 1. The largest absolute Gasteiger partial charge is 0.355 e. The van der Waals surface area contributed by atoms with Gasteiger partial charge in [-0.25, -0.2) is 0 Å². The van der Waals surface area contributed by atoms with Crippen LogP contribution >= 0.6 is 11.8 Å². The molecule has 6 nitrogen and oxygen atoms in total. The zero-order valence-electron chi connectivity index (χ0n) is 15.1. The lowest BCUT2D eigenvalue weighted by Crippen LogP contribution is -2.26. The van der Waals surface area contributed by atoms with E-state index in [2.05, 4.69) is 33.5 Å². The molecule has 0 saturated carbocycles. The lowest BCUT2D eigenvalue weighted by Gasteiger charge is -2.13. The van der Waals surface area contributed by atoms with E-state index in [9.17, 15) is 4.79 Å². The molecule has 2 heterocycles. The molecule has 1 aliphatic rings. The molecule has 2 aromatic rings. The Morgan fingerprint density at radius 2 is 2.12 bits per heavy atom. The second kappa shape index (κ2) is 9.52. The number of nitrogens with one attached hydrogen (secondary N) is 1. The molecular weight excluding hydrogens is 346 g/mol. The van der Waals surface area contributed by atoms with Gasteiger partial charge in [-0.05, 0) is 51.2 Å². The molecule has 0 unspecified atom stereocenters. The SMILES string of the molecule is CCn1c(SCC(=O)NCCC2=CCCCC2)nnc1-c1ccncc1. The van der Waals surface area contributed by atoms with E-state index in [0.29, 0.717) is 12.3 Å². The standard InChI is InChI=1S/C19H25N5OS/c1-2-24-18(16-9-11-20-12-10-16)22-23-19(24)26-14-17(25)21-13-8-15-6-4-3-5-7-15/h6,9-12H,2-5,7-8,13-14H2,1H3,(H,21,25). The second-order valence-corrected chi connectivity index (χ2v) is 7.23. The van der Waals surface area contributed by atoms with Crippen molar-refractivity contribution in [3.05, 3.63) is 36.2 Å². The van der Waals surface area contributed by atoms with E-state index in [4.69, 9.17) is 0 Å². The molecule has 26 heavy (non-hydrogen) atoms. The lowest BCUT2D eigenvalue weighted by atomic mass is 9.97. The third-order valence-corrected chi connectivity index (χ3v) is 5.42. The minimum Gasteiger partial charge on any atom is -0.355 e. The van der Waals surface area contributed by atoms with E-state index >= 15 is 0 Å². The van der Waals surface area contributed by atoms with Gasteiger partial charge in [0.25, 0.3) is 0 Å². The van der Waals surface area contributed by atoms with Gasteiger partial charge in [0, 0.05) is 31.0 Å². The van der Waals surface area contributed by atoms with E-state index in [1.807, 2.05) is 16.7 Å². The average Bonchev–Trinajstić information content (AvgIpc) is 3.11. The summed E-state index contributed by atoms with van der Waals surface area (Å²) in [7, 11) is 0. The minimum atomic E-state index is 0.0440. The van der Waals surface area contributed by atoms with Crippen molar-refractivity contribution in [3.8, 4) is 11.4 Å². The molecule has 1 amide bonds. The highest BCUT2D eigenvalue weighted by atomic mass is 32.2. The van der Waals surface area contributed by atoms with Crippen molar-refractivity contribution in [1.82, 2.24) is 25.1 Å². The fourth-order valence-corrected chi connectivity index (χ4v) is 3.90. The van der Waals surface area contributed by atoms with Crippen LogP contribution in [0.1, 0.15) is 39.0 Å².